The highest BCUT2D eigenvalue weighted by Crippen LogP contribution is 2.26. The van der Waals surface area contributed by atoms with E-state index in [0.29, 0.717) is 12.3 Å². The number of nitriles is 1. The number of benzene rings is 1. The summed E-state index contributed by atoms with van der Waals surface area (Å²) in [7, 11) is 0. The van der Waals surface area contributed by atoms with E-state index in [-0.39, 0.29) is 12.1 Å². The number of nitrogens with one attached hydrogen (secondary N) is 1. The van der Waals surface area contributed by atoms with Gasteiger partial charge in [0.25, 0.3) is 0 Å². The van der Waals surface area contributed by atoms with Gasteiger partial charge < -0.3 is 10.4 Å². The largest absolute Gasteiger partial charge is 0.393 e. The Morgan fingerprint density at radius 2 is 2.11 bits per heavy atom. The summed E-state index contributed by atoms with van der Waals surface area (Å²) in [5.74, 6) is 0.343. The van der Waals surface area contributed by atoms with E-state index in [1.54, 1.807) is 0 Å². The zero-order valence-electron chi connectivity index (χ0n) is 10.5. The molecule has 18 heavy (non-hydrogen) atoms. The first-order chi connectivity index (χ1) is 8.81. The second-order valence-corrected chi connectivity index (χ2v) is 4.99. The lowest BCUT2D eigenvalue weighted by Crippen LogP contribution is -2.30. The molecule has 0 radical (unpaired) electrons. The summed E-state index contributed by atoms with van der Waals surface area (Å²) in [5, 5.41) is 22.1. The van der Waals surface area contributed by atoms with Crippen LogP contribution in [0.1, 0.15) is 37.3 Å². The zero-order chi connectivity index (χ0) is 12.8. The monoisotopic (exact) mass is 244 g/mol. The Balaban J connectivity index is 1.93. The smallest absolute Gasteiger partial charge is 0.0641 e. The van der Waals surface area contributed by atoms with Crippen molar-refractivity contribution in [3.63, 3.8) is 0 Å². The first-order valence-corrected chi connectivity index (χ1v) is 6.64. The molecule has 1 aromatic carbocycles. The van der Waals surface area contributed by atoms with E-state index in [0.717, 1.165) is 31.4 Å². The van der Waals surface area contributed by atoms with Crippen LogP contribution in [0.5, 0.6) is 0 Å². The van der Waals surface area contributed by atoms with Gasteiger partial charge in [0.2, 0.25) is 0 Å². The Bertz CT molecular complexity index is 399. The predicted molar refractivity (Wildman–Crippen MR) is 70.8 cm³/mol. The lowest BCUT2D eigenvalue weighted by atomic mass is 10.0. The Labute approximate surface area is 108 Å². The third-order valence-electron chi connectivity index (χ3n) is 3.74. The van der Waals surface area contributed by atoms with Crippen molar-refractivity contribution in [2.45, 2.75) is 37.8 Å². The lowest BCUT2D eigenvalue weighted by molar-refractivity contribution is 0.130. The summed E-state index contributed by atoms with van der Waals surface area (Å²) in [6, 6.07) is 12.3. The van der Waals surface area contributed by atoms with Crippen LogP contribution in [0.3, 0.4) is 0 Å². The zero-order valence-corrected chi connectivity index (χ0v) is 10.5. The fraction of sp³-hybridized carbons (Fsp3) is 0.533. The van der Waals surface area contributed by atoms with E-state index in [1.165, 1.54) is 0 Å². The van der Waals surface area contributed by atoms with Crippen LogP contribution in [-0.4, -0.2) is 17.8 Å². The molecule has 1 aromatic rings. The van der Waals surface area contributed by atoms with E-state index in [1.807, 2.05) is 30.3 Å². The summed E-state index contributed by atoms with van der Waals surface area (Å²) < 4.78 is 0. The number of hydrogen-bond acceptors (Lipinski definition) is 3. The highest BCUT2D eigenvalue weighted by atomic mass is 16.3. The maximum Gasteiger partial charge on any atom is 0.0641 e. The van der Waals surface area contributed by atoms with Gasteiger partial charge >= 0.3 is 0 Å². The molecular weight excluding hydrogens is 224 g/mol. The van der Waals surface area contributed by atoms with Crippen molar-refractivity contribution in [2.75, 3.05) is 6.54 Å². The van der Waals surface area contributed by atoms with Crippen molar-refractivity contribution in [2.24, 2.45) is 5.92 Å². The van der Waals surface area contributed by atoms with Crippen LogP contribution in [0.25, 0.3) is 0 Å². The van der Waals surface area contributed by atoms with Gasteiger partial charge in [-0.05, 0) is 24.3 Å². The second kappa shape index (κ2) is 6.53. The fourth-order valence-corrected chi connectivity index (χ4v) is 2.63. The Kier molecular flexibility index (Phi) is 4.74. The average Bonchev–Trinajstić information content (AvgIpc) is 2.81. The summed E-state index contributed by atoms with van der Waals surface area (Å²) >= 11 is 0. The molecule has 3 unspecified atom stereocenters. The highest BCUT2D eigenvalue weighted by molar-refractivity contribution is 5.19. The lowest BCUT2D eigenvalue weighted by Gasteiger charge is -2.21. The molecule has 1 fully saturated rings. The maximum atomic E-state index is 9.80. The standard InChI is InChI=1S/C15H20N2O/c16-10-9-14(12-5-2-1-3-6-12)17-11-13-7-4-8-15(13)18/h1-3,5-6,13-15,17-18H,4,7-9,11H2. The molecule has 3 heteroatoms. The van der Waals surface area contributed by atoms with Crippen molar-refractivity contribution < 1.29 is 5.11 Å². The van der Waals surface area contributed by atoms with Crippen LogP contribution < -0.4 is 5.32 Å². The van der Waals surface area contributed by atoms with Gasteiger partial charge in [0.15, 0.2) is 0 Å². The maximum absolute atomic E-state index is 9.80. The Morgan fingerprint density at radius 1 is 1.33 bits per heavy atom. The van der Waals surface area contributed by atoms with Crippen LogP contribution in [-0.2, 0) is 0 Å². The molecular formula is C15H20N2O. The molecule has 0 heterocycles. The molecule has 0 amide bonds. The summed E-state index contributed by atoms with van der Waals surface area (Å²) in [4.78, 5) is 0. The quantitative estimate of drug-likeness (QED) is 0.836. The molecule has 0 spiro atoms. The molecule has 3 atom stereocenters. The van der Waals surface area contributed by atoms with Gasteiger partial charge in [-0.15, -0.1) is 0 Å². The summed E-state index contributed by atoms with van der Waals surface area (Å²) in [5.41, 5.74) is 1.14. The van der Waals surface area contributed by atoms with Gasteiger partial charge in [0.1, 0.15) is 0 Å². The number of aliphatic hydroxyl groups excluding tert-OH is 1. The van der Waals surface area contributed by atoms with Crippen molar-refractivity contribution in [1.29, 1.82) is 5.26 Å². The van der Waals surface area contributed by atoms with Gasteiger partial charge in [-0.25, -0.2) is 0 Å². The van der Waals surface area contributed by atoms with E-state index >= 15 is 0 Å². The van der Waals surface area contributed by atoms with E-state index in [4.69, 9.17) is 5.26 Å². The molecule has 1 aliphatic carbocycles. The summed E-state index contributed by atoms with van der Waals surface area (Å²) in [6.07, 6.45) is 3.41. The Morgan fingerprint density at radius 3 is 2.72 bits per heavy atom. The first kappa shape index (κ1) is 13.1. The molecule has 0 saturated heterocycles. The molecule has 96 valence electrons. The van der Waals surface area contributed by atoms with Crippen LogP contribution >= 0.6 is 0 Å². The van der Waals surface area contributed by atoms with Crippen molar-refractivity contribution >= 4 is 0 Å². The van der Waals surface area contributed by atoms with Crippen LogP contribution in [0.2, 0.25) is 0 Å². The third-order valence-corrected chi connectivity index (χ3v) is 3.74. The minimum absolute atomic E-state index is 0.0731. The van der Waals surface area contributed by atoms with Crippen molar-refractivity contribution in [3.8, 4) is 6.07 Å². The van der Waals surface area contributed by atoms with E-state index in [9.17, 15) is 5.11 Å². The van der Waals surface area contributed by atoms with Gasteiger partial charge in [-0.3, -0.25) is 0 Å². The first-order valence-electron chi connectivity index (χ1n) is 6.64. The highest BCUT2D eigenvalue weighted by Gasteiger charge is 2.25. The van der Waals surface area contributed by atoms with E-state index in [2.05, 4.69) is 11.4 Å². The normalized spacial score (nSPS) is 24.7. The minimum atomic E-state index is -0.170. The molecule has 2 rings (SSSR count). The molecule has 0 aromatic heterocycles. The van der Waals surface area contributed by atoms with Crippen molar-refractivity contribution in [3.05, 3.63) is 35.9 Å². The van der Waals surface area contributed by atoms with Gasteiger partial charge in [-0.1, -0.05) is 36.8 Å². The van der Waals surface area contributed by atoms with Gasteiger partial charge in [-0.2, -0.15) is 5.26 Å². The molecule has 1 saturated carbocycles. The molecule has 3 nitrogen and oxygen atoms in total. The summed E-state index contributed by atoms with van der Waals surface area (Å²) in [6.45, 7) is 0.794. The van der Waals surface area contributed by atoms with Crippen LogP contribution in [0.4, 0.5) is 0 Å². The molecule has 0 bridgehead atoms. The average molecular weight is 244 g/mol. The van der Waals surface area contributed by atoms with Gasteiger partial charge in [0, 0.05) is 12.6 Å². The molecule has 0 aliphatic heterocycles. The van der Waals surface area contributed by atoms with Crippen LogP contribution in [0.15, 0.2) is 30.3 Å². The van der Waals surface area contributed by atoms with E-state index < -0.39 is 0 Å². The van der Waals surface area contributed by atoms with Crippen molar-refractivity contribution in [1.82, 2.24) is 5.32 Å². The van der Waals surface area contributed by atoms with Crippen LogP contribution in [0, 0.1) is 17.2 Å². The predicted octanol–water partition coefficient (Wildman–Crippen LogP) is 2.39. The fourth-order valence-electron chi connectivity index (χ4n) is 2.63. The number of hydrogen-bond donors (Lipinski definition) is 2. The third kappa shape index (κ3) is 3.32. The molecule has 1 aliphatic rings. The molecule has 2 N–H and O–H groups in total. The SMILES string of the molecule is N#CCC(NCC1CCCC1O)c1ccccc1. The minimum Gasteiger partial charge on any atom is -0.393 e. The topological polar surface area (TPSA) is 56.0 Å². The number of rotatable bonds is 5. The second-order valence-electron chi connectivity index (χ2n) is 4.99. The number of aliphatic hydroxyl groups is 1. The van der Waals surface area contributed by atoms with Gasteiger partial charge in [0.05, 0.1) is 18.6 Å². The number of nitrogens with zero attached hydrogens (tertiary/aromatic N) is 1. The Hall–Kier alpha value is -1.37.